The van der Waals surface area contributed by atoms with Crippen molar-refractivity contribution >= 4 is 27.7 Å². The molecular weight excluding hydrogens is 334 g/mol. The summed E-state index contributed by atoms with van der Waals surface area (Å²) < 4.78 is 5.73. The molecule has 2 rings (SSSR count). The molecule has 0 aromatic heterocycles. The molecule has 0 spiro atoms. The lowest BCUT2D eigenvalue weighted by molar-refractivity contribution is 0.167. The Balaban J connectivity index is 2.15. The number of alkyl carbamates (subject to hydrolysis) is 1. The molecule has 1 aromatic carbocycles. The molecule has 6 heteroatoms. The van der Waals surface area contributed by atoms with Gasteiger partial charge in [0.2, 0.25) is 0 Å². The van der Waals surface area contributed by atoms with Crippen molar-refractivity contribution in [2.24, 2.45) is 0 Å². The molecule has 0 aliphatic carbocycles. The average Bonchev–Trinajstić information content (AvgIpc) is 2.94. The Morgan fingerprint density at radius 1 is 1.52 bits per heavy atom. The van der Waals surface area contributed by atoms with E-state index in [0.717, 1.165) is 24.0 Å². The van der Waals surface area contributed by atoms with E-state index in [1.807, 2.05) is 7.05 Å². The molecule has 1 aromatic rings. The van der Waals surface area contributed by atoms with Crippen molar-refractivity contribution in [2.45, 2.75) is 25.4 Å². The number of benzene rings is 1. The largest absolute Gasteiger partial charge is 0.453 e. The van der Waals surface area contributed by atoms with Crippen molar-refractivity contribution in [3.63, 3.8) is 0 Å². The van der Waals surface area contributed by atoms with Crippen LogP contribution in [-0.2, 0) is 4.74 Å². The summed E-state index contributed by atoms with van der Waals surface area (Å²) in [6.07, 6.45) is 0.564. The molecular formula is C15H22BrN3O2. The van der Waals surface area contributed by atoms with Gasteiger partial charge in [-0.2, -0.15) is 0 Å². The standard InChI is InChI=1S/C15H22BrN3O2/c1-10(17-2)13-5-4-11(16)8-14(13)19-7-6-12(9-19)18-15(20)21-3/h4-5,8,10,12,17H,6-7,9H2,1-3H3,(H,18,20). The van der Waals surface area contributed by atoms with E-state index in [4.69, 9.17) is 0 Å². The number of methoxy groups -OCH3 is 1. The third-order valence-corrected chi connectivity index (χ3v) is 4.42. The summed E-state index contributed by atoms with van der Waals surface area (Å²) >= 11 is 3.54. The quantitative estimate of drug-likeness (QED) is 0.871. The number of nitrogens with zero attached hydrogens (tertiary/aromatic N) is 1. The molecule has 1 fully saturated rings. The van der Waals surface area contributed by atoms with E-state index in [2.05, 4.69) is 61.3 Å². The van der Waals surface area contributed by atoms with Crippen molar-refractivity contribution in [3.05, 3.63) is 28.2 Å². The summed E-state index contributed by atoms with van der Waals surface area (Å²) in [6, 6.07) is 6.76. The summed E-state index contributed by atoms with van der Waals surface area (Å²) in [5, 5.41) is 6.16. The minimum atomic E-state index is -0.361. The molecule has 1 aliphatic rings. The van der Waals surface area contributed by atoms with Crippen LogP contribution < -0.4 is 15.5 Å². The average molecular weight is 356 g/mol. The van der Waals surface area contributed by atoms with E-state index in [0.29, 0.717) is 0 Å². The summed E-state index contributed by atoms with van der Waals surface area (Å²) in [5.41, 5.74) is 2.47. The number of anilines is 1. The van der Waals surface area contributed by atoms with Crippen LogP contribution in [-0.4, -0.2) is 39.4 Å². The second kappa shape index (κ2) is 7.13. The van der Waals surface area contributed by atoms with E-state index in [1.54, 1.807) is 0 Å². The molecule has 1 heterocycles. The lowest BCUT2D eigenvalue weighted by atomic mass is 10.1. The minimum Gasteiger partial charge on any atom is -0.453 e. The van der Waals surface area contributed by atoms with Gasteiger partial charge >= 0.3 is 6.09 Å². The van der Waals surface area contributed by atoms with E-state index < -0.39 is 0 Å². The molecule has 2 N–H and O–H groups in total. The zero-order valence-electron chi connectivity index (χ0n) is 12.6. The highest BCUT2D eigenvalue weighted by Crippen LogP contribution is 2.31. The molecule has 21 heavy (non-hydrogen) atoms. The molecule has 1 amide bonds. The van der Waals surface area contributed by atoms with Crippen LogP contribution in [0.15, 0.2) is 22.7 Å². The van der Waals surface area contributed by atoms with Crippen molar-refractivity contribution in [2.75, 3.05) is 32.1 Å². The first-order valence-corrected chi connectivity index (χ1v) is 7.90. The van der Waals surface area contributed by atoms with Crippen LogP contribution in [0.25, 0.3) is 0 Å². The number of nitrogens with one attached hydrogen (secondary N) is 2. The van der Waals surface area contributed by atoms with Gasteiger partial charge < -0.3 is 20.3 Å². The lowest BCUT2D eigenvalue weighted by Gasteiger charge is -2.25. The van der Waals surface area contributed by atoms with Crippen LogP contribution in [0.3, 0.4) is 0 Å². The molecule has 116 valence electrons. The topological polar surface area (TPSA) is 53.6 Å². The number of carbonyl (C=O) groups is 1. The summed E-state index contributed by atoms with van der Waals surface area (Å²) in [4.78, 5) is 13.6. The summed E-state index contributed by atoms with van der Waals surface area (Å²) in [5.74, 6) is 0. The zero-order chi connectivity index (χ0) is 15.4. The monoisotopic (exact) mass is 355 g/mol. The van der Waals surface area contributed by atoms with Crippen molar-refractivity contribution < 1.29 is 9.53 Å². The van der Waals surface area contributed by atoms with Crippen LogP contribution in [0.1, 0.15) is 24.9 Å². The van der Waals surface area contributed by atoms with Crippen LogP contribution in [0, 0.1) is 0 Å². The normalized spacial score (nSPS) is 19.4. The number of hydrogen-bond acceptors (Lipinski definition) is 4. The van der Waals surface area contributed by atoms with Crippen molar-refractivity contribution in [3.8, 4) is 0 Å². The van der Waals surface area contributed by atoms with Crippen molar-refractivity contribution in [1.82, 2.24) is 10.6 Å². The molecule has 5 nitrogen and oxygen atoms in total. The third kappa shape index (κ3) is 3.89. The smallest absolute Gasteiger partial charge is 0.407 e. The minimum absolute atomic E-state index is 0.133. The predicted molar refractivity (Wildman–Crippen MR) is 87.8 cm³/mol. The highest BCUT2D eigenvalue weighted by molar-refractivity contribution is 9.10. The lowest BCUT2D eigenvalue weighted by Crippen LogP contribution is -2.37. The Hall–Kier alpha value is -1.27. The number of rotatable bonds is 4. The Morgan fingerprint density at radius 2 is 2.29 bits per heavy atom. The maximum absolute atomic E-state index is 11.3. The van der Waals surface area contributed by atoms with Gasteiger partial charge in [0.05, 0.1) is 13.2 Å². The molecule has 2 atom stereocenters. The van der Waals surface area contributed by atoms with Crippen LogP contribution in [0.2, 0.25) is 0 Å². The molecule has 1 saturated heterocycles. The second-order valence-electron chi connectivity index (χ2n) is 5.28. The maximum Gasteiger partial charge on any atom is 0.407 e. The van der Waals surface area contributed by atoms with Gasteiger partial charge in [0, 0.05) is 29.3 Å². The number of hydrogen-bond donors (Lipinski definition) is 2. The number of carbonyl (C=O) groups excluding carboxylic acids is 1. The first-order chi connectivity index (χ1) is 10.0. The number of halogens is 1. The molecule has 0 saturated carbocycles. The van der Waals surface area contributed by atoms with Gasteiger partial charge in [-0.15, -0.1) is 0 Å². The van der Waals surface area contributed by atoms with Crippen LogP contribution >= 0.6 is 15.9 Å². The van der Waals surface area contributed by atoms with Crippen LogP contribution in [0.4, 0.5) is 10.5 Å². The number of ether oxygens (including phenoxy) is 1. The Bertz CT molecular complexity index is 510. The second-order valence-corrected chi connectivity index (χ2v) is 6.20. The van der Waals surface area contributed by atoms with E-state index in [1.165, 1.54) is 18.4 Å². The SMILES string of the molecule is CNC(C)c1ccc(Br)cc1N1CCC(NC(=O)OC)C1. The van der Waals surface area contributed by atoms with E-state index in [9.17, 15) is 4.79 Å². The fourth-order valence-corrected chi connectivity index (χ4v) is 2.98. The van der Waals surface area contributed by atoms with E-state index in [-0.39, 0.29) is 18.2 Å². The van der Waals surface area contributed by atoms with Crippen LogP contribution in [0.5, 0.6) is 0 Å². The molecule has 2 unspecified atom stereocenters. The maximum atomic E-state index is 11.3. The summed E-state index contributed by atoms with van der Waals surface area (Å²) in [6.45, 7) is 3.87. The van der Waals surface area contributed by atoms with Gasteiger partial charge in [-0.1, -0.05) is 22.0 Å². The Morgan fingerprint density at radius 3 is 2.95 bits per heavy atom. The van der Waals surface area contributed by atoms with Gasteiger partial charge in [0.1, 0.15) is 0 Å². The van der Waals surface area contributed by atoms with E-state index >= 15 is 0 Å². The van der Waals surface area contributed by atoms with Gasteiger partial charge in [-0.25, -0.2) is 4.79 Å². The molecule has 0 bridgehead atoms. The van der Waals surface area contributed by atoms with Gasteiger partial charge in [0.15, 0.2) is 0 Å². The highest BCUT2D eigenvalue weighted by Gasteiger charge is 2.26. The zero-order valence-corrected chi connectivity index (χ0v) is 14.2. The molecule has 0 radical (unpaired) electrons. The fraction of sp³-hybridized carbons (Fsp3) is 0.533. The number of amides is 1. The Kier molecular flexibility index (Phi) is 5.47. The third-order valence-electron chi connectivity index (χ3n) is 3.93. The molecule has 1 aliphatic heterocycles. The first-order valence-electron chi connectivity index (χ1n) is 7.11. The van der Waals surface area contributed by atoms with Gasteiger partial charge in [0.25, 0.3) is 0 Å². The van der Waals surface area contributed by atoms with Gasteiger partial charge in [-0.3, -0.25) is 0 Å². The first kappa shape index (κ1) is 16.1. The van der Waals surface area contributed by atoms with Crippen molar-refractivity contribution in [1.29, 1.82) is 0 Å². The Labute approximate surface area is 134 Å². The highest BCUT2D eigenvalue weighted by atomic mass is 79.9. The summed E-state index contributed by atoms with van der Waals surface area (Å²) in [7, 11) is 3.35. The fourth-order valence-electron chi connectivity index (χ4n) is 2.63. The van der Waals surface area contributed by atoms with Gasteiger partial charge in [-0.05, 0) is 38.1 Å². The predicted octanol–water partition coefficient (Wildman–Crippen LogP) is 2.66.